The van der Waals surface area contributed by atoms with Crippen molar-refractivity contribution in [1.29, 1.82) is 0 Å². The second kappa shape index (κ2) is 7.33. The van der Waals surface area contributed by atoms with Crippen LogP contribution in [-0.4, -0.2) is 26.9 Å². The van der Waals surface area contributed by atoms with Gasteiger partial charge in [0.1, 0.15) is 17.4 Å². The van der Waals surface area contributed by atoms with Crippen molar-refractivity contribution in [2.75, 3.05) is 0 Å². The second-order valence-corrected chi connectivity index (χ2v) is 8.48. The van der Waals surface area contributed by atoms with Gasteiger partial charge in [-0.15, -0.1) is 0 Å². The summed E-state index contributed by atoms with van der Waals surface area (Å²) in [6.45, 7) is 0. The third kappa shape index (κ3) is 2.77. The van der Waals surface area contributed by atoms with Gasteiger partial charge in [-0.2, -0.15) is 0 Å². The van der Waals surface area contributed by atoms with Crippen LogP contribution in [0.2, 0.25) is 5.02 Å². The van der Waals surface area contributed by atoms with Gasteiger partial charge >= 0.3 is 5.97 Å². The predicted octanol–water partition coefficient (Wildman–Crippen LogP) is 4.22. The first-order chi connectivity index (χ1) is 15.7. The monoisotopic (exact) mass is 471 g/mol. The Morgan fingerprint density at radius 2 is 1.79 bits per heavy atom. The van der Waals surface area contributed by atoms with Gasteiger partial charge in [0.25, 0.3) is 6.43 Å². The number of carboxylic acids is 1. The maximum Gasteiger partial charge on any atom is 0.314 e. The zero-order valence-electron chi connectivity index (χ0n) is 16.8. The Bertz CT molecular complexity index is 1270. The second-order valence-electron chi connectivity index (χ2n) is 8.04. The molecule has 4 atom stereocenters. The number of Topliss-reactive ketones (excluding diaryl/α,β-unsaturated/α-hetero) is 1. The van der Waals surface area contributed by atoms with E-state index in [0.717, 1.165) is 12.1 Å². The molecule has 1 aromatic heterocycles. The number of ether oxygens (including phenoxy) is 1. The zero-order valence-corrected chi connectivity index (χ0v) is 17.5. The number of rotatable bonds is 4. The van der Waals surface area contributed by atoms with E-state index in [1.54, 1.807) is 30.3 Å². The number of aromatic nitrogens is 1. The normalized spacial score (nSPS) is 27.8. The molecule has 168 valence electrons. The van der Waals surface area contributed by atoms with E-state index in [0.29, 0.717) is 5.56 Å². The zero-order chi connectivity index (χ0) is 23.5. The lowest BCUT2D eigenvalue weighted by atomic mass is 9.71. The summed E-state index contributed by atoms with van der Waals surface area (Å²) in [6, 6.07) is 14.6. The fraction of sp³-hybridized carbons (Fsp3) is 0.208. The summed E-state index contributed by atoms with van der Waals surface area (Å²) < 4.78 is 32.7. The van der Waals surface area contributed by atoms with Gasteiger partial charge in [0.15, 0.2) is 11.4 Å². The lowest BCUT2D eigenvalue weighted by molar-refractivity contribution is -0.154. The fourth-order valence-corrected chi connectivity index (χ4v) is 5.21. The average Bonchev–Trinajstić information content (AvgIpc) is 3.17. The molecule has 1 saturated carbocycles. The standard InChI is InChI=1S/C24H16ClF2NO5/c25-15-10-16-19(28-11-15)23(32)20(29)17(22(30)31)18(12-4-2-1-3-5-12)24(23,33-16)14-8-6-13(7-9-14)21(26)27/h1-11,17-18,21,32H,(H,30,31)/t17-,18-,23+,24+/m1/s1. The number of carboxylic acid groups (broad SMARTS) is 1. The Hall–Kier alpha value is -3.36. The summed E-state index contributed by atoms with van der Waals surface area (Å²) in [5.74, 6) is -5.31. The van der Waals surface area contributed by atoms with E-state index in [-0.39, 0.29) is 27.6 Å². The van der Waals surface area contributed by atoms with Crippen LogP contribution in [0.15, 0.2) is 66.9 Å². The number of benzene rings is 2. The summed E-state index contributed by atoms with van der Waals surface area (Å²) in [5, 5.41) is 22.2. The number of aliphatic carboxylic acids is 1. The van der Waals surface area contributed by atoms with E-state index in [9.17, 15) is 28.6 Å². The van der Waals surface area contributed by atoms with Crippen LogP contribution in [0.1, 0.15) is 34.7 Å². The van der Waals surface area contributed by atoms with E-state index in [1.165, 1.54) is 24.4 Å². The van der Waals surface area contributed by atoms with Gasteiger partial charge in [-0.05, 0) is 11.1 Å². The van der Waals surface area contributed by atoms with Crippen LogP contribution >= 0.6 is 11.6 Å². The fourth-order valence-electron chi connectivity index (χ4n) is 5.06. The number of ketones is 1. The van der Waals surface area contributed by atoms with Crippen molar-refractivity contribution in [3.63, 3.8) is 0 Å². The summed E-state index contributed by atoms with van der Waals surface area (Å²) in [7, 11) is 0. The molecule has 0 spiro atoms. The van der Waals surface area contributed by atoms with Gasteiger partial charge in [-0.25, -0.2) is 8.78 Å². The molecule has 3 aromatic rings. The first-order valence-corrected chi connectivity index (χ1v) is 10.4. The SMILES string of the molecule is O=C(O)[C@H]1C(=O)[C@@]2(O)c3ncc(Cl)cc3O[C@@]2(c2ccc(C(F)F)cc2)[C@@H]1c1ccccc1. The highest BCUT2D eigenvalue weighted by atomic mass is 35.5. The Kier molecular flexibility index (Phi) is 4.77. The number of hydrogen-bond donors (Lipinski definition) is 2. The molecule has 1 aliphatic carbocycles. The van der Waals surface area contributed by atoms with Gasteiger partial charge in [-0.1, -0.05) is 66.2 Å². The van der Waals surface area contributed by atoms with E-state index >= 15 is 0 Å². The molecule has 0 bridgehead atoms. The number of carbonyl (C=O) groups excluding carboxylic acids is 1. The van der Waals surface area contributed by atoms with Crippen molar-refractivity contribution >= 4 is 23.4 Å². The van der Waals surface area contributed by atoms with Crippen LogP contribution in [0.3, 0.4) is 0 Å². The molecule has 2 heterocycles. The third-order valence-electron chi connectivity index (χ3n) is 6.40. The highest BCUT2D eigenvalue weighted by Crippen LogP contribution is 2.66. The molecule has 2 aromatic carbocycles. The van der Waals surface area contributed by atoms with Gasteiger partial charge in [-0.3, -0.25) is 14.6 Å². The van der Waals surface area contributed by atoms with Crippen molar-refractivity contribution in [1.82, 2.24) is 4.98 Å². The molecule has 0 amide bonds. The maximum atomic E-state index is 13.6. The van der Waals surface area contributed by atoms with Crippen LogP contribution < -0.4 is 4.74 Å². The molecule has 5 rings (SSSR count). The molecule has 6 nitrogen and oxygen atoms in total. The molecule has 1 aliphatic heterocycles. The van der Waals surface area contributed by atoms with Gasteiger partial charge in [0, 0.05) is 17.8 Å². The molecule has 33 heavy (non-hydrogen) atoms. The van der Waals surface area contributed by atoms with Crippen molar-refractivity contribution in [3.05, 3.63) is 94.3 Å². The molecular formula is C24H16ClF2NO5. The van der Waals surface area contributed by atoms with Crippen molar-refractivity contribution in [2.45, 2.75) is 23.5 Å². The predicted molar refractivity (Wildman–Crippen MR) is 112 cm³/mol. The van der Waals surface area contributed by atoms with Gasteiger partial charge in [0.05, 0.1) is 10.9 Å². The molecule has 1 fully saturated rings. The van der Waals surface area contributed by atoms with E-state index in [2.05, 4.69) is 4.98 Å². The Morgan fingerprint density at radius 1 is 1.12 bits per heavy atom. The molecule has 9 heteroatoms. The number of carbonyl (C=O) groups is 2. The molecule has 2 aliphatic rings. The number of halogens is 3. The number of fused-ring (bicyclic) bond motifs is 3. The minimum Gasteiger partial charge on any atom is -0.481 e. The van der Waals surface area contributed by atoms with E-state index in [1.807, 2.05) is 0 Å². The highest BCUT2D eigenvalue weighted by molar-refractivity contribution is 6.30. The number of hydrogen-bond acceptors (Lipinski definition) is 5. The van der Waals surface area contributed by atoms with Crippen LogP contribution in [0.5, 0.6) is 5.75 Å². The lowest BCUT2D eigenvalue weighted by Crippen LogP contribution is -2.51. The molecule has 0 unspecified atom stereocenters. The topological polar surface area (TPSA) is 96.7 Å². The lowest BCUT2D eigenvalue weighted by Gasteiger charge is -2.39. The van der Waals surface area contributed by atoms with Crippen molar-refractivity contribution < 1.29 is 33.3 Å². The quantitative estimate of drug-likeness (QED) is 0.553. The molecule has 2 N–H and O–H groups in total. The average molecular weight is 472 g/mol. The third-order valence-corrected chi connectivity index (χ3v) is 6.60. The molecule has 0 radical (unpaired) electrons. The van der Waals surface area contributed by atoms with Crippen LogP contribution in [0.25, 0.3) is 0 Å². The van der Waals surface area contributed by atoms with E-state index in [4.69, 9.17) is 16.3 Å². The highest BCUT2D eigenvalue weighted by Gasteiger charge is 2.78. The Balaban J connectivity index is 1.85. The first kappa shape index (κ1) is 21.5. The number of aliphatic hydroxyl groups is 1. The number of alkyl halides is 2. The largest absolute Gasteiger partial charge is 0.481 e. The Morgan fingerprint density at radius 3 is 2.39 bits per heavy atom. The van der Waals surface area contributed by atoms with Gasteiger partial charge < -0.3 is 14.9 Å². The summed E-state index contributed by atoms with van der Waals surface area (Å²) in [5.41, 5.74) is -4.33. The molecular weight excluding hydrogens is 456 g/mol. The van der Waals surface area contributed by atoms with E-state index < -0.39 is 41.2 Å². The number of nitrogens with zero attached hydrogens (tertiary/aromatic N) is 1. The number of pyridine rings is 1. The van der Waals surface area contributed by atoms with Crippen molar-refractivity contribution in [2.24, 2.45) is 5.92 Å². The Labute approximate surface area is 191 Å². The minimum atomic E-state index is -2.74. The van der Waals surface area contributed by atoms with Crippen LogP contribution in [-0.2, 0) is 20.8 Å². The summed E-state index contributed by atoms with van der Waals surface area (Å²) >= 11 is 6.05. The van der Waals surface area contributed by atoms with Crippen molar-refractivity contribution in [3.8, 4) is 5.75 Å². The smallest absolute Gasteiger partial charge is 0.314 e. The van der Waals surface area contributed by atoms with Crippen LogP contribution in [0, 0.1) is 5.92 Å². The molecule has 0 saturated heterocycles. The minimum absolute atomic E-state index is 0.0149. The maximum absolute atomic E-state index is 13.6. The van der Waals surface area contributed by atoms with Gasteiger partial charge in [0.2, 0.25) is 5.60 Å². The van der Waals surface area contributed by atoms with Crippen LogP contribution in [0.4, 0.5) is 8.78 Å². The first-order valence-electron chi connectivity index (χ1n) is 10.00. The summed E-state index contributed by atoms with van der Waals surface area (Å²) in [4.78, 5) is 30.1. The summed E-state index contributed by atoms with van der Waals surface area (Å²) in [6.07, 6.45) is -1.52.